The van der Waals surface area contributed by atoms with Crippen LogP contribution in [0.25, 0.3) is 0 Å². The van der Waals surface area contributed by atoms with Crippen molar-refractivity contribution in [1.82, 2.24) is 9.97 Å². The van der Waals surface area contributed by atoms with Crippen LogP contribution >= 0.6 is 0 Å². The van der Waals surface area contributed by atoms with Gasteiger partial charge in [0, 0.05) is 24.8 Å². The van der Waals surface area contributed by atoms with Crippen molar-refractivity contribution in [3.05, 3.63) is 11.8 Å². The third-order valence-corrected chi connectivity index (χ3v) is 2.79. The van der Waals surface area contributed by atoms with Gasteiger partial charge in [0.2, 0.25) is 5.95 Å². The molecule has 0 radical (unpaired) electrons. The summed E-state index contributed by atoms with van der Waals surface area (Å²) in [6, 6.07) is 2.14. The second-order valence-electron chi connectivity index (χ2n) is 4.17. The number of hydrogen-bond acceptors (Lipinski definition) is 6. The quantitative estimate of drug-likeness (QED) is 0.857. The number of nitrogens with one attached hydrogen (secondary N) is 1. The molecule has 1 aromatic rings. The average Bonchev–Trinajstić information content (AvgIpc) is 2.41. The van der Waals surface area contributed by atoms with Gasteiger partial charge in [-0.15, -0.1) is 0 Å². The summed E-state index contributed by atoms with van der Waals surface area (Å²) in [5, 5.41) is 12.0. The van der Waals surface area contributed by atoms with E-state index >= 15 is 0 Å². The standard InChI is InChI=1S/C12H17N5O/c1-3-14-12-15-7-9(2)11(16-12)17-4-5-18-10(6-13)8-17/h7,10H,3-5,8H2,1-2H3,(H,14,15,16). The number of nitriles is 1. The van der Waals surface area contributed by atoms with Gasteiger partial charge in [-0.2, -0.15) is 10.2 Å². The smallest absolute Gasteiger partial charge is 0.224 e. The van der Waals surface area contributed by atoms with Gasteiger partial charge in [0.1, 0.15) is 5.82 Å². The first-order valence-corrected chi connectivity index (χ1v) is 6.08. The summed E-state index contributed by atoms with van der Waals surface area (Å²) < 4.78 is 5.33. The molecule has 0 aromatic carbocycles. The highest BCUT2D eigenvalue weighted by Gasteiger charge is 2.22. The number of rotatable bonds is 3. The van der Waals surface area contributed by atoms with Gasteiger partial charge < -0.3 is 15.0 Å². The van der Waals surface area contributed by atoms with Gasteiger partial charge in [-0.05, 0) is 13.8 Å². The molecule has 0 bridgehead atoms. The predicted octanol–water partition coefficient (Wildman–Crippen LogP) is 0.946. The van der Waals surface area contributed by atoms with Crippen molar-refractivity contribution >= 4 is 11.8 Å². The highest BCUT2D eigenvalue weighted by atomic mass is 16.5. The van der Waals surface area contributed by atoms with Crippen LogP contribution in [0.15, 0.2) is 6.20 Å². The first-order valence-electron chi connectivity index (χ1n) is 6.08. The summed E-state index contributed by atoms with van der Waals surface area (Å²) in [4.78, 5) is 10.8. The molecule has 1 aliphatic rings. The Hall–Kier alpha value is -1.87. The molecule has 1 N–H and O–H groups in total. The second-order valence-corrected chi connectivity index (χ2v) is 4.17. The fraction of sp³-hybridized carbons (Fsp3) is 0.583. The van der Waals surface area contributed by atoms with E-state index in [0.29, 0.717) is 19.1 Å². The van der Waals surface area contributed by atoms with Crippen LogP contribution in [0.1, 0.15) is 12.5 Å². The van der Waals surface area contributed by atoms with Gasteiger partial charge in [0.15, 0.2) is 6.10 Å². The summed E-state index contributed by atoms with van der Waals surface area (Å²) in [6.07, 6.45) is 1.42. The molecule has 0 aliphatic carbocycles. The van der Waals surface area contributed by atoms with Crippen LogP contribution in [0.4, 0.5) is 11.8 Å². The Morgan fingerprint density at radius 1 is 1.67 bits per heavy atom. The SMILES string of the molecule is CCNc1ncc(C)c(N2CCOC(C#N)C2)n1. The number of aryl methyl sites for hydroxylation is 1. The largest absolute Gasteiger partial charge is 0.360 e. The van der Waals surface area contributed by atoms with Crippen LogP contribution in [-0.2, 0) is 4.74 Å². The minimum absolute atomic E-state index is 0.379. The second kappa shape index (κ2) is 5.65. The summed E-state index contributed by atoms with van der Waals surface area (Å²) in [5.41, 5.74) is 1.01. The number of hydrogen-bond donors (Lipinski definition) is 1. The maximum atomic E-state index is 8.92. The molecule has 0 amide bonds. The maximum Gasteiger partial charge on any atom is 0.224 e. The Morgan fingerprint density at radius 3 is 3.22 bits per heavy atom. The minimum atomic E-state index is -0.379. The van der Waals surface area contributed by atoms with Gasteiger partial charge in [0.25, 0.3) is 0 Å². The van der Waals surface area contributed by atoms with E-state index in [0.717, 1.165) is 24.5 Å². The highest BCUT2D eigenvalue weighted by Crippen LogP contribution is 2.20. The topological polar surface area (TPSA) is 74.1 Å². The van der Waals surface area contributed by atoms with Crippen LogP contribution in [0, 0.1) is 18.3 Å². The monoisotopic (exact) mass is 247 g/mol. The highest BCUT2D eigenvalue weighted by molar-refractivity contribution is 5.49. The van der Waals surface area contributed by atoms with E-state index in [1.54, 1.807) is 6.20 Å². The molecule has 6 heteroatoms. The van der Waals surface area contributed by atoms with E-state index in [-0.39, 0.29) is 6.10 Å². The van der Waals surface area contributed by atoms with Gasteiger partial charge in [-0.3, -0.25) is 0 Å². The Kier molecular flexibility index (Phi) is 3.95. The average molecular weight is 247 g/mol. The Morgan fingerprint density at radius 2 is 2.50 bits per heavy atom. The zero-order chi connectivity index (χ0) is 13.0. The molecule has 96 valence electrons. The number of ether oxygens (including phenoxy) is 1. The molecule has 1 aromatic heterocycles. The lowest BCUT2D eigenvalue weighted by molar-refractivity contribution is 0.0761. The fourth-order valence-electron chi connectivity index (χ4n) is 1.92. The molecule has 1 aliphatic heterocycles. The maximum absolute atomic E-state index is 8.92. The van der Waals surface area contributed by atoms with E-state index in [4.69, 9.17) is 10.00 Å². The fourth-order valence-corrected chi connectivity index (χ4v) is 1.92. The van der Waals surface area contributed by atoms with Crippen molar-refractivity contribution in [1.29, 1.82) is 5.26 Å². The zero-order valence-electron chi connectivity index (χ0n) is 10.7. The third-order valence-electron chi connectivity index (χ3n) is 2.79. The summed E-state index contributed by atoms with van der Waals surface area (Å²) >= 11 is 0. The first kappa shape index (κ1) is 12.6. The molecule has 0 spiro atoms. The van der Waals surface area contributed by atoms with Gasteiger partial charge in [-0.25, -0.2) is 4.98 Å². The minimum Gasteiger partial charge on any atom is -0.360 e. The van der Waals surface area contributed by atoms with Crippen LogP contribution in [-0.4, -0.2) is 42.3 Å². The molecule has 1 unspecified atom stereocenters. The predicted molar refractivity (Wildman–Crippen MR) is 68.5 cm³/mol. The number of anilines is 2. The van der Waals surface area contributed by atoms with Gasteiger partial charge >= 0.3 is 0 Å². The van der Waals surface area contributed by atoms with E-state index in [2.05, 4.69) is 26.3 Å². The summed E-state index contributed by atoms with van der Waals surface area (Å²) in [6.45, 7) is 6.62. The number of aromatic nitrogens is 2. The van der Waals surface area contributed by atoms with E-state index in [9.17, 15) is 0 Å². The molecule has 2 rings (SSSR count). The van der Waals surface area contributed by atoms with E-state index in [1.807, 2.05) is 13.8 Å². The van der Waals surface area contributed by atoms with Crippen LogP contribution in [0.5, 0.6) is 0 Å². The molecule has 6 nitrogen and oxygen atoms in total. The van der Waals surface area contributed by atoms with Crippen LogP contribution in [0.2, 0.25) is 0 Å². The Bertz CT molecular complexity index is 456. The number of morpholine rings is 1. The van der Waals surface area contributed by atoms with Crippen molar-refractivity contribution in [3.8, 4) is 6.07 Å². The molecular weight excluding hydrogens is 230 g/mol. The van der Waals surface area contributed by atoms with E-state index in [1.165, 1.54) is 0 Å². The summed E-state index contributed by atoms with van der Waals surface area (Å²) in [7, 11) is 0. The first-order chi connectivity index (χ1) is 8.74. The third kappa shape index (κ3) is 2.68. The summed E-state index contributed by atoms with van der Waals surface area (Å²) in [5.74, 6) is 1.50. The molecule has 18 heavy (non-hydrogen) atoms. The van der Waals surface area contributed by atoms with Crippen molar-refractivity contribution in [2.75, 3.05) is 36.5 Å². The van der Waals surface area contributed by atoms with Crippen molar-refractivity contribution in [2.24, 2.45) is 0 Å². The van der Waals surface area contributed by atoms with Crippen molar-refractivity contribution in [3.63, 3.8) is 0 Å². The molecular formula is C12H17N5O. The van der Waals surface area contributed by atoms with Crippen LogP contribution in [0.3, 0.4) is 0 Å². The number of nitrogens with zero attached hydrogens (tertiary/aromatic N) is 4. The molecule has 1 saturated heterocycles. The molecule has 1 fully saturated rings. The normalized spacial score (nSPS) is 19.4. The Labute approximate surface area is 107 Å². The van der Waals surface area contributed by atoms with Crippen molar-refractivity contribution in [2.45, 2.75) is 20.0 Å². The van der Waals surface area contributed by atoms with Gasteiger partial charge in [-0.1, -0.05) is 0 Å². The zero-order valence-corrected chi connectivity index (χ0v) is 10.7. The lowest BCUT2D eigenvalue weighted by atomic mass is 10.2. The van der Waals surface area contributed by atoms with Crippen molar-refractivity contribution < 1.29 is 4.74 Å². The lowest BCUT2D eigenvalue weighted by Crippen LogP contribution is -2.42. The molecule has 2 heterocycles. The lowest BCUT2D eigenvalue weighted by Gasteiger charge is -2.31. The molecule has 1 atom stereocenters. The Balaban J connectivity index is 2.21. The van der Waals surface area contributed by atoms with Crippen LogP contribution < -0.4 is 10.2 Å². The van der Waals surface area contributed by atoms with E-state index < -0.39 is 0 Å². The van der Waals surface area contributed by atoms with Gasteiger partial charge in [0.05, 0.1) is 19.2 Å². The molecule has 0 saturated carbocycles.